The van der Waals surface area contributed by atoms with Crippen molar-refractivity contribution in [2.24, 2.45) is 0 Å². The van der Waals surface area contributed by atoms with E-state index in [-0.39, 0.29) is 25.9 Å². The van der Waals surface area contributed by atoms with Crippen LogP contribution in [0, 0.1) is 17.9 Å². The number of fused-ring (bicyclic) bond motifs is 3. The monoisotopic (exact) mass is 845 g/mol. The van der Waals surface area contributed by atoms with Gasteiger partial charge in [0.05, 0.1) is 5.58 Å². The summed E-state index contributed by atoms with van der Waals surface area (Å²) in [5, 5.41) is 2.05. The van der Waals surface area contributed by atoms with Crippen LogP contribution in [0.4, 0.5) is 4.39 Å². The fourth-order valence-corrected chi connectivity index (χ4v) is 7.37. The first-order valence-electron chi connectivity index (χ1n) is 15.2. The number of furan rings is 1. The number of hydrogen-bond donors (Lipinski definition) is 0. The molecule has 0 spiro atoms. The van der Waals surface area contributed by atoms with Gasteiger partial charge in [-0.2, -0.15) is 0 Å². The van der Waals surface area contributed by atoms with Crippen molar-refractivity contribution < 1.29 is 28.9 Å². The van der Waals surface area contributed by atoms with E-state index in [4.69, 9.17) is 4.42 Å². The number of pyridine rings is 2. The third kappa shape index (κ3) is 7.55. The maximum absolute atomic E-state index is 13.3. The summed E-state index contributed by atoms with van der Waals surface area (Å²) in [5.74, 6) is 7.34. The average molecular weight is 844 g/mol. The second-order valence-electron chi connectivity index (χ2n) is 12.5. The summed E-state index contributed by atoms with van der Waals surface area (Å²) < 4.78 is 20.7. The maximum atomic E-state index is 13.3. The molecule has 46 heavy (non-hydrogen) atoms. The molecule has 6 heteroatoms. The van der Waals surface area contributed by atoms with Gasteiger partial charge < -0.3 is 9.40 Å². The van der Waals surface area contributed by atoms with Crippen molar-refractivity contribution in [2.75, 3.05) is 0 Å². The number of aromatic nitrogens is 2. The Labute approximate surface area is 286 Å². The molecular formula is C40H35FGeIrN2O-2. The smallest absolute Gasteiger partial charge is 0 e. The molecule has 0 fully saturated rings. The van der Waals surface area contributed by atoms with Crippen LogP contribution in [0.25, 0.3) is 55.6 Å². The van der Waals surface area contributed by atoms with Gasteiger partial charge in [-0.1, -0.05) is 49.1 Å². The standard InChI is InChI=1S/C26H19FNO.C14H16GeN.Ir/c1-16(2)18-11-12-28-24(15-18)20-6-10-26-23(14-20)22-13-19(5-9-25(22)29-26)17-3-7-21(27)8-4-17;1-15(2,3)13-9-10-14(16-11-13)12-7-5-4-6-8-12;/h3-5,7-16H,1-2H3;4-7,9-11H,1-3H3;/q2*-1;. The van der Waals surface area contributed by atoms with E-state index in [0.29, 0.717) is 5.92 Å². The van der Waals surface area contributed by atoms with Gasteiger partial charge in [-0.05, 0) is 53.1 Å². The molecule has 0 bridgehead atoms. The van der Waals surface area contributed by atoms with E-state index in [2.05, 4.69) is 89.6 Å². The zero-order valence-corrected chi connectivity index (χ0v) is 31.1. The molecule has 0 amide bonds. The zero-order chi connectivity index (χ0) is 31.6. The van der Waals surface area contributed by atoms with Gasteiger partial charge in [-0.15, -0.1) is 23.8 Å². The van der Waals surface area contributed by atoms with Crippen molar-refractivity contribution in [2.45, 2.75) is 37.0 Å². The zero-order valence-electron chi connectivity index (χ0n) is 26.6. The normalized spacial score (nSPS) is 11.3. The average Bonchev–Trinajstić information content (AvgIpc) is 3.43. The van der Waals surface area contributed by atoms with Crippen LogP contribution in [0.15, 0.2) is 120 Å². The Balaban J connectivity index is 0.000000209. The van der Waals surface area contributed by atoms with Crippen LogP contribution in [0.2, 0.25) is 17.3 Å². The number of nitrogens with zero attached hydrogens (tertiary/aromatic N) is 2. The molecule has 3 nitrogen and oxygen atoms in total. The summed E-state index contributed by atoms with van der Waals surface area (Å²) >= 11 is -1.72. The second kappa shape index (κ2) is 14.3. The van der Waals surface area contributed by atoms with Gasteiger partial charge in [0.2, 0.25) is 0 Å². The quantitative estimate of drug-likeness (QED) is 0.128. The first kappa shape index (κ1) is 33.5. The SMILES string of the molecule is CC(C)c1ccnc(-c2[c-]cc3oc4ccc(-c5ccc(F)cc5)cc4c3c2)c1.[CH3][Ge]([CH3])([CH3])[c]1ccc(-c2[c-]cccc2)nc1.[Ir]. The van der Waals surface area contributed by atoms with Crippen LogP contribution in [-0.2, 0) is 20.1 Å². The molecule has 0 N–H and O–H groups in total. The number of hydrogen-bond acceptors (Lipinski definition) is 3. The van der Waals surface area contributed by atoms with E-state index >= 15 is 0 Å². The molecule has 0 unspecified atom stereocenters. The summed E-state index contributed by atoms with van der Waals surface area (Å²) in [6, 6.07) is 39.5. The Bertz CT molecular complexity index is 2070. The molecular weight excluding hydrogens is 808 g/mol. The Kier molecular flexibility index (Phi) is 10.4. The topological polar surface area (TPSA) is 38.9 Å². The van der Waals surface area contributed by atoms with Gasteiger partial charge in [0.1, 0.15) is 11.4 Å². The van der Waals surface area contributed by atoms with Crippen molar-refractivity contribution in [3.05, 3.63) is 139 Å². The van der Waals surface area contributed by atoms with Gasteiger partial charge in [0.25, 0.3) is 0 Å². The fourth-order valence-electron chi connectivity index (χ4n) is 5.19. The van der Waals surface area contributed by atoms with E-state index < -0.39 is 13.3 Å². The number of benzene rings is 4. The van der Waals surface area contributed by atoms with Crippen LogP contribution in [0.1, 0.15) is 25.3 Å². The fraction of sp³-hybridized carbons (Fsp3) is 0.150. The van der Waals surface area contributed by atoms with E-state index in [1.54, 1.807) is 12.1 Å². The molecule has 7 aromatic rings. The Morgan fingerprint density at radius 2 is 1.48 bits per heavy atom. The van der Waals surface area contributed by atoms with Crippen molar-refractivity contribution >= 4 is 39.6 Å². The van der Waals surface area contributed by atoms with Crippen LogP contribution in [0.5, 0.6) is 0 Å². The maximum Gasteiger partial charge on any atom is 0 e. The summed E-state index contributed by atoms with van der Waals surface area (Å²) in [7, 11) is 0. The molecule has 0 aliphatic rings. The third-order valence-electron chi connectivity index (χ3n) is 7.92. The predicted octanol–water partition coefficient (Wildman–Crippen LogP) is 10.5. The van der Waals surface area contributed by atoms with Crippen molar-refractivity contribution in [3.63, 3.8) is 0 Å². The molecule has 0 saturated heterocycles. The predicted molar refractivity (Wildman–Crippen MR) is 187 cm³/mol. The second-order valence-corrected chi connectivity index (χ2v) is 23.2. The van der Waals surface area contributed by atoms with E-state index in [0.717, 1.165) is 55.6 Å². The van der Waals surface area contributed by atoms with Crippen LogP contribution in [-0.4, -0.2) is 23.2 Å². The van der Waals surface area contributed by atoms with Crippen LogP contribution in [0.3, 0.4) is 0 Å². The number of halogens is 1. The first-order valence-corrected chi connectivity index (χ1v) is 22.5. The molecule has 7 rings (SSSR count). The Morgan fingerprint density at radius 3 is 2.15 bits per heavy atom. The molecule has 0 aliphatic carbocycles. The van der Waals surface area contributed by atoms with E-state index in [1.807, 2.05) is 54.9 Å². The van der Waals surface area contributed by atoms with Gasteiger partial charge in [-0.25, -0.2) is 4.39 Å². The van der Waals surface area contributed by atoms with E-state index in [1.165, 1.54) is 22.1 Å². The molecule has 3 heterocycles. The Morgan fingerprint density at radius 1 is 0.717 bits per heavy atom. The first-order chi connectivity index (χ1) is 21.7. The third-order valence-corrected chi connectivity index (χ3v) is 12.2. The van der Waals surface area contributed by atoms with Crippen molar-refractivity contribution in [1.82, 2.24) is 9.97 Å². The molecule has 1 radical (unpaired) electrons. The van der Waals surface area contributed by atoms with Crippen LogP contribution >= 0.6 is 0 Å². The van der Waals surface area contributed by atoms with Gasteiger partial charge in [-0.3, -0.25) is 0 Å². The van der Waals surface area contributed by atoms with Crippen LogP contribution < -0.4 is 4.40 Å². The molecule has 0 saturated carbocycles. The molecule has 0 atom stereocenters. The molecule has 4 aromatic carbocycles. The van der Waals surface area contributed by atoms with Crippen molar-refractivity contribution in [1.29, 1.82) is 0 Å². The summed E-state index contributed by atoms with van der Waals surface area (Å²) in [5.41, 5.74) is 8.77. The van der Waals surface area contributed by atoms with Gasteiger partial charge in [0, 0.05) is 31.7 Å². The van der Waals surface area contributed by atoms with E-state index in [9.17, 15) is 4.39 Å². The van der Waals surface area contributed by atoms with Gasteiger partial charge in [0.15, 0.2) is 0 Å². The summed E-state index contributed by atoms with van der Waals surface area (Å²) in [6.07, 6.45) is 3.89. The molecule has 233 valence electrons. The largest absolute Gasteiger partial charge is 0 e. The van der Waals surface area contributed by atoms with Gasteiger partial charge >= 0.3 is 99.8 Å². The molecule has 0 aliphatic heterocycles. The summed E-state index contributed by atoms with van der Waals surface area (Å²) in [6.45, 7) is 4.35. The minimum absolute atomic E-state index is 0. The minimum Gasteiger partial charge on any atom is 0 e. The number of rotatable bonds is 5. The Hall–Kier alpha value is -3.90. The minimum atomic E-state index is -1.72. The van der Waals surface area contributed by atoms with Crippen molar-refractivity contribution in [3.8, 4) is 33.6 Å². The summed E-state index contributed by atoms with van der Waals surface area (Å²) in [4.78, 5) is 9.07. The molecule has 3 aromatic heterocycles.